The molecule has 2 aliphatic heterocycles. The number of aromatic nitrogens is 2. The summed E-state index contributed by atoms with van der Waals surface area (Å²) in [5.74, 6) is 1.15. The summed E-state index contributed by atoms with van der Waals surface area (Å²) in [5.41, 5.74) is 0. The van der Waals surface area contributed by atoms with Gasteiger partial charge in [0.25, 0.3) is 5.91 Å². The zero-order chi connectivity index (χ0) is 18.3. The average molecular weight is 358 g/mol. The molecular weight excluding hydrogens is 336 g/mol. The van der Waals surface area contributed by atoms with Gasteiger partial charge in [-0.3, -0.25) is 14.5 Å². The Hall–Kier alpha value is -2.71. The summed E-state index contributed by atoms with van der Waals surface area (Å²) in [6.45, 7) is 1.30. The number of nitrogens with zero attached hydrogens (tertiary/aromatic N) is 5. The Labute approximate surface area is 151 Å². The van der Waals surface area contributed by atoms with Gasteiger partial charge in [-0.25, -0.2) is 4.79 Å². The zero-order valence-electron chi connectivity index (χ0n) is 14.7. The fourth-order valence-electron chi connectivity index (χ4n) is 3.85. The third-order valence-electron chi connectivity index (χ3n) is 5.35. The molecule has 26 heavy (non-hydrogen) atoms. The number of urea groups is 1. The maximum Gasteiger partial charge on any atom is 0.327 e. The number of likely N-dealkylation sites (N-methyl/N-ethyl adjacent to an activating group) is 1. The van der Waals surface area contributed by atoms with Crippen LogP contribution in [0.1, 0.15) is 12.8 Å². The highest BCUT2D eigenvalue weighted by molar-refractivity contribution is 6.04. The summed E-state index contributed by atoms with van der Waals surface area (Å²) >= 11 is 0. The molecule has 3 heterocycles. The van der Waals surface area contributed by atoms with E-state index in [0.717, 1.165) is 17.3 Å². The molecule has 4 amide bonds. The predicted octanol–water partition coefficient (Wildman–Crippen LogP) is -0.298. The number of anilines is 1. The van der Waals surface area contributed by atoms with Gasteiger partial charge in [0.15, 0.2) is 5.82 Å². The van der Waals surface area contributed by atoms with Gasteiger partial charge in [0.1, 0.15) is 13.1 Å². The lowest BCUT2D eigenvalue weighted by molar-refractivity contribution is -0.131. The minimum absolute atomic E-state index is 0.0115. The minimum atomic E-state index is -0.420. The van der Waals surface area contributed by atoms with Crippen LogP contribution in [0.15, 0.2) is 18.3 Å². The fourth-order valence-corrected chi connectivity index (χ4v) is 3.85. The Morgan fingerprint density at radius 2 is 2.12 bits per heavy atom. The van der Waals surface area contributed by atoms with E-state index in [9.17, 15) is 14.4 Å². The van der Waals surface area contributed by atoms with Crippen molar-refractivity contribution in [3.8, 4) is 0 Å². The largest absolute Gasteiger partial charge is 0.353 e. The zero-order valence-corrected chi connectivity index (χ0v) is 14.7. The molecule has 1 aromatic rings. The quantitative estimate of drug-likeness (QED) is 0.726. The Bertz CT molecular complexity index is 722. The highest BCUT2D eigenvalue weighted by Gasteiger charge is 2.44. The van der Waals surface area contributed by atoms with Crippen molar-refractivity contribution in [1.29, 1.82) is 0 Å². The molecule has 0 aromatic carbocycles. The lowest BCUT2D eigenvalue weighted by Gasteiger charge is -2.21. The predicted molar refractivity (Wildman–Crippen MR) is 92.1 cm³/mol. The molecule has 1 aromatic heterocycles. The molecule has 0 unspecified atom stereocenters. The van der Waals surface area contributed by atoms with Crippen molar-refractivity contribution in [3.63, 3.8) is 0 Å². The first kappa shape index (κ1) is 16.7. The first-order valence-corrected chi connectivity index (χ1v) is 8.90. The molecule has 9 heteroatoms. The first-order chi connectivity index (χ1) is 12.5. The summed E-state index contributed by atoms with van der Waals surface area (Å²) < 4.78 is 0. The van der Waals surface area contributed by atoms with Crippen LogP contribution in [0.5, 0.6) is 0 Å². The maximum atomic E-state index is 12.5. The molecule has 0 spiro atoms. The van der Waals surface area contributed by atoms with Crippen LogP contribution < -0.4 is 10.2 Å². The maximum absolute atomic E-state index is 12.5. The molecule has 1 N–H and O–H groups in total. The molecule has 1 saturated carbocycles. The normalized spacial score (nSPS) is 26.0. The van der Waals surface area contributed by atoms with E-state index in [1.165, 1.54) is 17.7 Å². The van der Waals surface area contributed by atoms with Gasteiger partial charge in [-0.05, 0) is 30.9 Å². The van der Waals surface area contributed by atoms with Crippen LogP contribution in [0.4, 0.5) is 10.6 Å². The molecule has 1 aliphatic carbocycles. The third-order valence-corrected chi connectivity index (χ3v) is 5.35. The number of nitrogens with one attached hydrogen (secondary N) is 1. The molecule has 0 bridgehead atoms. The van der Waals surface area contributed by atoms with Gasteiger partial charge >= 0.3 is 6.03 Å². The molecule has 4 rings (SSSR count). The highest BCUT2D eigenvalue weighted by Crippen LogP contribution is 2.42. The van der Waals surface area contributed by atoms with E-state index in [4.69, 9.17) is 0 Å². The van der Waals surface area contributed by atoms with Gasteiger partial charge < -0.3 is 15.1 Å². The van der Waals surface area contributed by atoms with Crippen LogP contribution in [0.25, 0.3) is 0 Å². The summed E-state index contributed by atoms with van der Waals surface area (Å²) in [7, 11) is 1.55. The van der Waals surface area contributed by atoms with Crippen molar-refractivity contribution >= 4 is 23.7 Å². The van der Waals surface area contributed by atoms with E-state index in [-0.39, 0.29) is 30.9 Å². The van der Waals surface area contributed by atoms with Crippen LogP contribution in [-0.2, 0) is 9.59 Å². The van der Waals surface area contributed by atoms with Crippen molar-refractivity contribution in [2.75, 3.05) is 38.1 Å². The van der Waals surface area contributed by atoms with Crippen LogP contribution in [0, 0.1) is 11.8 Å². The van der Waals surface area contributed by atoms with Crippen molar-refractivity contribution in [2.24, 2.45) is 11.8 Å². The van der Waals surface area contributed by atoms with E-state index in [1.807, 2.05) is 12.1 Å². The number of carbonyl (C=O) groups excluding carboxylic acids is 3. The van der Waals surface area contributed by atoms with Crippen LogP contribution >= 0.6 is 0 Å². The van der Waals surface area contributed by atoms with Crippen LogP contribution in [-0.4, -0.2) is 77.1 Å². The number of imide groups is 1. The van der Waals surface area contributed by atoms with Crippen molar-refractivity contribution in [2.45, 2.75) is 18.9 Å². The summed E-state index contributed by atoms with van der Waals surface area (Å²) in [4.78, 5) is 40.7. The molecule has 3 aliphatic rings. The van der Waals surface area contributed by atoms with Crippen LogP contribution in [0.2, 0.25) is 0 Å². The summed E-state index contributed by atoms with van der Waals surface area (Å²) in [6, 6.07) is 3.33. The molecule has 3 fully saturated rings. The molecule has 9 nitrogen and oxygen atoms in total. The Morgan fingerprint density at radius 3 is 2.73 bits per heavy atom. The fraction of sp³-hybridized carbons (Fsp3) is 0.588. The Balaban J connectivity index is 1.40. The third kappa shape index (κ3) is 3.21. The van der Waals surface area contributed by atoms with Crippen LogP contribution in [0.3, 0.4) is 0 Å². The van der Waals surface area contributed by atoms with Crippen molar-refractivity contribution < 1.29 is 14.4 Å². The lowest BCUT2D eigenvalue weighted by atomic mass is 9.98. The smallest absolute Gasteiger partial charge is 0.327 e. The number of rotatable bonds is 5. The minimum Gasteiger partial charge on any atom is -0.353 e. The topological polar surface area (TPSA) is 98.7 Å². The number of hydrogen-bond acceptors (Lipinski definition) is 6. The van der Waals surface area contributed by atoms with Gasteiger partial charge in [-0.1, -0.05) is 0 Å². The molecule has 0 radical (unpaired) electrons. The SMILES string of the molecule is CN1CC(=O)N(CC(=O)N[C@H]2CN(c3cccnn3)C[C@@H]2C2CC2)C1=O. The van der Waals surface area contributed by atoms with Gasteiger partial charge in [-0.2, -0.15) is 5.10 Å². The van der Waals surface area contributed by atoms with Gasteiger partial charge in [-0.15, -0.1) is 5.10 Å². The number of hydrogen-bond donors (Lipinski definition) is 1. The summed E-state index contributed by atoms with van der Waals surface area (Å²) in [5, 5.41) is 11.1. The summed E-state index contributed by atoms with van der Waals surface area (Å²) in [6.07, 6.45) is 4.00. The van der Waals surface area contributed by atoms with Crippen molar-refractivity contribution in [1.82, 2.24) is 25.3 Å². The standard InChI is InChI=1S/C17H22N6O3/c1-21-10-16(25)23(17(21)26)9-15(24)19-13-8-22(7-12(13)11-4-5-11)14-3-2-6-18-20-14/h2-3,6,11-13H,4-5,7-10H2,1H3,(H,19,24)/t12-,13+/m1/s1. The second-order valence-corrected chi connectivity index (χ2v) is 7.28. The molecule has 2 atom stereocenters. The second-order valence-electron chi connectivity index (χ2n) is 7.28. The molecular formula is C17H22N6O3. The van der Waals surface area contributed by atoms with E-state index in [2.05, 4.69) is 20.4 Å². The first-order valence-electron chi connectivity index (χ1n) is 8.90. The van der Waals surface area contributed by atoms with E-state index in [1.54, 1.807) is 13.2 Å². The van der Waals surface area contributed by atoms with E-state index in [0.29, 0.717) is 18.4 Å². The highest BCUT2D eigenvalue weighted by atomic mass is 16.2. The van der Waals surface area contributed by atoms with Crippen molar-refractivity contribution in [3.05, 3.63) is 18.3 Å². The van der Waals surface area contributed by atoms with E-state index >= 15 is 0 Å². The number of carbonyl (C=O) groups is 3. The Kier molecular flexibility index (Phi) is 4.21. The van der Waals surface area contributed by atoms with Gasteiger partial charge in [0.05, 0.1) is 6.04 Å². The second kappa shape index (κ2) is 6.54. The Morgan fingerprint density at radius 1 is 1.31 bits per heavy atom. The number of amides is 4. The monoisotopic (exact) mass is 358 g/mol. The molecule has 138 valence electrons. The van der Waals surface area contributed by atoms with E-state index < -0.39 is 6.03 Å². The van der Waals surface area contributed by atoms with Gasteiger partial charge in [0, 0.05) is 32.3 Å². The van der Waals surface area contributed by atoms with Gasteiger partial charge in [0.2, 0.25) is 5.91 Å². The lowest BCUT2D eigenvalue weighted by Crippen LogP contribution is -2.47. The molecule has 2 saturated heterocycles. The average Bonchev–Trinajstić information content (AvgIpc) is 3.35.